The van der Waals surface area contributed by atoms with Crippen LogP contribution in [-0.4, -0.2) is 12.7 Å². The number of amides is 1. The summed E-state index contributed by atoms with van der Waals surface area (Å²) in [6.07, 6.45) is 5.46. The van der Waals surface area contributed by atoms with Crippen molar-refractivity contribution in [2.45, 2.75) is 45.6 Å². The number of hydrogen-bond donors (Lipinski definition) is 1. The number of carbonyl (C=O) groups excluding carboxylic acids is 1. The van der Waals surface area contributed by atoms with Gasteiger partial charge in [0.2, 0.25) is 0 Å². The number of unbranched alkanes of at least 4 members (excludes halogenated alkanes) is 4. The Bertz CT molecular complexity index is 595. The molecule has 0 bridgehead atoms. The second kappa shape index (κ2) is 9.08. The van der Waals surface area contributed by atoms with Crippen LogP contribution in [0, 0.1) is 0 Å². The summed E-state index contributed by atoms with van der Waals surface area (Å²) in [4.78, 5) is 11.6. The Morgan fingerprint density at radius 3 is 2.59 bits per heavy atom. The first-order chi connectivity index (χ1) is 10.8. The van der Waals surface area contributed by atoms with Gasteiger partial charge in [-0.25, -0.2) is 4.79 Å². The highest BCUT2D eigenvalue weighted by Gasteiger charge is 2.02. The largest absolute Gasteiger partial charge is 0.450 e. The van der Waals surface area contributed by atoms with Gasteiger partial charge in [0.15, 0.2) is 0 Å². The molecule has 0 aliphatic carbocycles. The van der Waals surface area contributed by atoms with Crippen LogP contribution >= 0.6 is 0 Å². The molecule has 0 atom stereocenters. The zero-order valence-corrected chi connectivity index (χ0v) is 13.3. The zero-order chi connectivity index (χ0) is 15.6. The van der Waals surface area contributed by atoms with Crippen molar-refractivity contribution in [2.75, 3.05) is 6.61 Å². The Hall–Kier alpha value is -2.03. The van der Waals surface area contributed by atoms with Crippen LogP contribution in [0.15, 0.2) is 42.5 Å². The smallest absolute Gasteiger partial charge is 0.407 e. The molecule has 2 aromatic carbocycles. The third kappa shape index (κ3) is 5.40. The van der Waals surface area contributed by atoms with E-state index in [9.17, 15) is 4.79 Å². The van der Waals surface area contributed by atoms with Crippen molar-refractivity contribution < 1.29 is 9.53 Å². The summed E-state index contributed by atoms with van der Waals surface area (Å²) < 4.78 is 5.18. The van der Waals surface area contributed by atoms with Crippen molar-refractivity contribution in [1.29, 1.82) is 0 Å². The van der Waals surface area contributed by atoms with E-state index in [4.69, 9.17) is 4.74 Å². The molecule has 0 radical (unpaired) electrons. The Morgan fingerprint density at radius 1 is 1.00 bits per heavy atom. The summed E-state index contributed by atoms with van der Waals surface area (Å²) in [5, 5.41) is 5.20. The summed E-state index contributed by atoms with van der Waals surface area (Å²) >= 11 is 0. The lowest BCUT2D eigenvalue weighted by atomic mass is 10.1. The van der Waals surface area contributed by atoms with Gasteiger partial charge in [-0.15, -0.1) is 0 Å². The maximum absolute atomic E-state index is 11.6. The standard InChI is InChI=1S/C19H25NO2/c1-2-3-4-5-8-13-22-19(21)20-15-16-11-12-17-9-6-7-10-18(17)14-16/h6-7,9-12,14H,2-5,8,13,15H2,1H3,(H,20,21). The lowest BCUT2D eigenvalue weighted by Gasteiger charge is -2.08. The molecule has 2 aromatic rings. The van der Waals surface area contributed by atoms with Crippen LogP contribution in [0.3, 0.4) is 0 Å². The van der Waals surface area contributed by atoms with Crippen molar-refractivity contribution in [2.24, 2.45) is 0 Å². The van der Waals surface area contributed by atoms with Crippen LogP contribution in [0.25, 0.3) is 10.8 Å². The van der Waals surface area contributed by atoms with E-state index in [1.165, 1.54) is 30.0 Å². The number of rotatable bonds is 8. The first-order valence-corrected chi connectivity index (χ1v) is 8.18. The van der Waals surface area contributed by atoms with Gasteiger partial charge in [-0.05, 0) is 28.8 Å². The van der Waals surface area contributed by atoms with Gasteiger partial charge in [0, 0.05) is 6.54 Å². The topological polar surface area (TPSA) is 38.3 Å². The van der Waals surface area contributed by atoms with Gasteiger partial charge in [-0.1, -0.05) is 69.0 Å². The molecule has 0 fully saturated rings. The van der Waals surface area contributed by atoms with Crippen molar-refractivity contribution in [3.8, 4) is 0 Å². The molecule has 0 aliphatic rings. The van der Waals surface area contributed by atoms with Crippen molar-refractivity contribution in [1.82, 2.24) is 5.32 Å². The third-order valence-corrected chi connectivity index (χ3v) is 3.73. The predicted molar refractivity (Wildman–Crippen MR) is 90.9 cm³/mol. The second-order valence-corrected chi connectivity index (χ2v) is 5.59. The molecule has 0 aliphatic heterocycles. The first-order valence-electron chi connectivity index (χ1n) is 8.18. The van der Waals surface area contributed by atoms with Gasteiger partial charge in [0.05, 0.1) is 6.61 Å². The molecule has 1 N–H and O–H groups in total. The molecule has 0 spiro atoms. The van der Waals surface area contributed by atoms with E-state index < -0.39 is 0 Å². The number of alkyl carbamates (subject to hydrolysis) is 1. The van der Waals surface area contributed by atoms with E-state index in [0.29, 0.717) is 13.2 Å². The first kappa shape index (κ1) is 16.3. The molecule has 22 heavy (non-hydrogen) atoms. The van der Waals surface area contributed by atoms with Gasteiger partial charge >= 0.3 is 6.09 Å². The van der Waals surface area contributed by atoms with Crippen molar-refractivity contribution in [3.63, 3.8) is 0 Å². The van der Waals surface area contributed by atoms with Crippen LogP contribution in [0.1, 0.15) is 44.6 Å². The molecule has 0 heterocycles. The second-order valence-electron chi connectivity index (χ2n) is 5.59. The molecular formula is C19H25NO2. The number of ether oxygens (including phenoxy) is 1. The van der Waals surface area contributed by atoms with Gasteiger partial charge in [0.25, 0.3) is 0 Å². The van der Waals surface area contributed by atoms with E-state index in [1.807, 2.05) is 18.2 Å². The zero-order valence-electron chi connectivity index (χ0n) is 13.3. The lowest BCUT2D eigenvalue weighted by molar-refractivity contribution is 0.143. The number of hydrogen-bond acceptors (Lipinski definition) is 2. The van der Waals surface area contributed by atoms with Crippen molar-refractivity contribution >= 4 is 16.9 Å². The maximum atomic E-state index is 11.6. The number of carbonyl (C=O) groups is 1. The number of nitrogens with one attached hydrogen (secondary N) is 1. The molecule has 0 unspecified atom stereocenters. The van der Waals surface area contributed by atoms with E-state index >= 15 is 0 Å². The normalized spacial score (nSPS) is 10.6. The minimum absolute atomic E-state index is 0.330. The molecule has 0 saturated carbocycles. The molecular weight excluding hydrogens is 274 g/mol. The summed E-state index contributed by atoms with van der Waals surface area (Å²) in [7, 11) is 0. The maximum Gasteiger partial charge on any atom is 0.407 e. The molecule has 3 nitrogen and oxygen atoms in total. The molecule has 1 amide bonds. The fourth-order valence-electron chi connectivity index (χ4n) is 2.44. The Morgan fingerprint density at radius 2 is 1.77 bits per heavy atom. The fraction of sp³-hybridized carbons (Fsp3) is 0.421. The van der Waals surface area contributed by atoms with E-state index in [2.05, 4.69) is 36.5 Å². The van der Waals surface area contributed by atoms with Gasteiger partial charge in [-0.2, -0.15) is 0 Å². The van der Waals surface area contributed by atoms with Gasteiger partial charge in [-0.3, -0.25) is 0 Å². The van der Waals surface area contributed by atoms with E-state index in [0.717, 1.165) is 18.4 Å². The predicted octanol–water partition coefficient (Wildman–Crippen LogP) is 5.04. The Labute approximate surface area is 132 Å². The van der Waals surface area contributed by atoms with Crippen LogP contribution in [0.4, 0.5) is 4.79 Å². The van der Waals surface area contributed by atoms with Crippen LogP contribution < -0.4 is 5.32 Å². The quantitative estimate of drug-likeness (QED) is 0.694. The monoisotopic (exact) mass is 299 g/mol. The Kier molecular flexibility index (Phi) is 6.75. The fourth-order valence-corrected chi connectivity index (χ4v) is 2.44. The van der Waals surface area contributed by atoms with E-state index in [1.54, 1.807) is 0 Å². The molecule has 0 aromatic heterocycles. The average Bonchev–Trinajstić information content (AvgIpc) is 2.56. The Balaban J connectivity index is 1.69. The highest BCUT2D eigenvalue weighted by molar-refractivity contribution is 5.83. The summed E-state index contributed by atoms with van der Waals surface area (Å²) in [5.74, 6) is 0. The van der Waals surface area contributed by atoms with Crippen LogP contribution in [-0.2, 0) is 11.3 Å². The van der Waals surface area contributed by atoms with E-state index in [-0.39, 0.29) is 6.09 Å². The molecule has 118 valence electrons. The average molecular weight is 299 g/mol. The molecule has 0 saturated heterocycles. The lowest BCUT2D eigenvalue weighted by Crippen LogP contribution is -2.24. The van der Waals surface area contributed by atoms with Crippen LogP contribution in [0.5, 0.6) is 0 Å². The van der Waals surface area contributed by atoms with Gasteiger partial charge < -0.3 is 10.1 Å². The van der Waals surface area contributed by atoms with Gasteiger partial charge in [0.1, 0.15) is 0 Å². The molecule has 2 rings (SSSR count). The number of benzene rings is 2. The highest BCUT2D eigenvalue weighted by Crippen LogP contribution is 2.15. The number of fused-ring (bicyclic) bond motifs is 1. The SMILES string of the molecule is CCCCCCCOC(=O)NCc1ccc2ccccc2c1. The summed E-state index contributed by atoms with van der Waals surface area (Å²) in [6.45, 7) is 3.20. The third-order valence-electron chi connectivity index (χ3n) is 3.73. The highest BCUT2D eigenvalue weighted by atomic mass is 16.5. The molecule has 3 heteroatoms. The van der Waals surface area contributed by atoms with Crippen molar-refractivity contribution in [3.05, 3.63) is 48.0 Å². The summed E-state index contributed by atoms with van der Waals surface area (Å²) in [5.41, 5.74) is 1.08. The summed E-state index contributed by atoms with van der Waals surface area (Å²) in [6, 6.07) is 14.4. The minimum atomic E-state index is -0.330. The minimum Gasteiger partial charge on any atom is -0.450 e. The van der Waals surface area contributed by atoms with Crippen LogP contribution in [0.2, 0.25) is 0 Å².